The Kier molecular flexibility index (Phi) is 2.49. The number of phenolic OH excluding ortho intramolecular Hbond substituents is 1. The van der Waals surface area contributed by atoms with Crippen LogP contribution in [0.4, 0.5) is 0 Å². The van der Waals surface area contributed by atoms with Crippen molar-refractivity contribution in [3.05, 3.63) is 29.8 Å². The average molecular weight is 150 g/mol. The summed E-state index contributed by atoms with van der Waals surface area (Å²) in [5.74, 6) is 0.255. The number of nitrogens with zero attached hydrogens (tertiary/aromatic N) is 1. The number of benzene rings is 1. The van der Waals surface area contributed by atoms with Gasteiger partial charge in [0.2, 0.25) is 0 Å². The van der Waals surface area contributed by atoms with Crippen LogP contribution in [0.3, 0.4) is 0 Å². The molecule has 3 nitrogen and oxygen atoms in total. The van der Waals surface area contributed by atoms with Crippen molar-refractivity contribution in [2.24, 2.45) is 5.10 Å². The zero-order valence-corrected chi connectivity index (χ0v) is 6.28. The molecule has 0 aliphatic heterocycles. The van der Waals surface area contributed by atoms with E-state index >= 15 is 0 Å². The highest BCUT2D eigenvalue weighted by atomic mass is 16.3. The summed E-state index contributed by atoms with van der Waals surface area (Å²) >= 11 is 0. The lowest BCUT2D eigenvalue weighted by Gasteiger charge is -1.93. The fraction of sp³-hybridized carbons (Fsp3) is 0.125. The Hall–Kier alpha value is -1.51. The maximum Gasteiger partial charge on any atom is 0.116 e. The number of hydrazone groups is 1. The molecule has 0 radical (unpaired) electrons. The molecule has 0 amide bonds. The van der Waals surface area contributed by atoms with Crippen molar-refractivity contribution in [1.29, 1.82) is 0 Å². The molecule has 1 aromatic rings. The van der Waals surface area contributed by atoms with E-state index in [1.54, 1.807) is 31.5 Å². The molecule has 0 bridgehead atoms. The molecule has 0 fully saturated rings. The Balaban J connectivity index is 2.79. The summed E-state index contributed by atoms with van der Waals surface area (Å²) in [6, 6.07) is 6.89. The normalized spacial score (nSPS) is 10.3. The van der Waals surface area contributed by atoms with Crippen molar-refractivity contribution >= 4 is 6.21 Å². The van der Waals surface area contributed by atoms with Gasteiger partial charge in [-0.05, 0) is 17.7 Å². The van der Waals surface area contributed by atoms with Crippen LogP contribution in [0.5, 0.6) is 5.75 Å². The second kappa shape index (κ2) is 3.61. The fourth-order valence-corrected chi connectivity index (χ4v) is 0.744. The second-order valence-electron chi connectivity index (χ2n) is 2.08. The standard InChI is InChI=1S/C8H10N2O/c1-9-10-6-7-3-2-4-8(11)5-7/h2-6,9,11H,1H3/b10-6+. The summed E-state index contributed by atoms with van der Waals surface area (Å²) in [6.45, 7) is 0. The molecule has 0 aliphatic rings. The van der Waals surface area contributed by atoms with Gasteiger partial charge in [0.05, 0.1) is 6.21 Å². The van der Waals surface area contributed by atoms with Gasteiger partial charge in [0.15, 0.2) is 0 Å². The predicted molar refractivity (Wildman–Crippen MR) is 44.8 cm³/mol. The van der Waals surface area contributed by atoms with Gasteiger partial charge in [-0.25, -0.2) is 0 Å². The van der Waals surface area contributed by atoms with Gasteiger partial charge in [-0.2, -0.15) is 5.10 Å². The van der Waals surface area contributed by atoms with E-state index in [4.69, 9.17) is 5.11 Å². The van der Waals surface area contributed by atoms with E-state index in [0.29, 0.717) is 0 Å². The molecule has 0 saturated carbocycles. The van der Waals surface area contributed by atoms with Crippen LogP contribution in [0, 0.1) is 0 Å². The van der Waals surface area contributed by atoms with E-state index in [9.17, 15) is 0 Å². The number of hydrogen-bond donors (Lipinski definition) is 2. The Bertz CT molecular complexity index is 258. The zero-order chi connectivity index (χ0) is 8.10. The van der Waals surface area contributed by atoms with Gasteiger partial charge < -0.3 is 10.5 Å². The van der Waals surface area contributed by atoms with Crippen LogP contribution in [0.1, 0.15) is 5.56 Å². The Labute approximate surface area is 65.4 Å². The van der Waals surface area contributed by atoms with Crippen LogP contribution in [-0.4, -0.2) is 18.4 Å². The second-order valence-corrected chi connectivity index (χ2v) is 2.08. The van der Waals surface area contributed by atoms with Crippen molar-refractivity contribution < 1.29 is 5.11 Å². The SMILES string of the molecule is CN/N=C/c1cccc(O)c1. The Morgan fingerprint density at radius 3 is 3.00 bits per heavy atom. The van der Waals surface area contributed by atoms with Crippen LogP contribution in [0.2, 0.25) is 0 Å². The third-order valence-corrected chi connectivity index (χ3v) is 1.21. The maximum absolute atomic E-state index is 9.03. The van der Waals surface area contributed by atoms with Crippen LogP contribution in [0.25, 0.3) is 0 Å². The van der Waals surface area contributed by atoms with Crippen molar-refractivity contribution in [3.63, 3.8) is 0 Å². The first-order valence-corrected chi connectivity index (χ1v) is 3.32. The number of aromatic hydroxyl groups is 1. The number of rotatable bonds is 2. The van der Waals surface area contributed by atoms with E-state index in [2.05, 4.69) is 10.5 Å². The van der Waals surface area contributed by atoms with Gasteiger partial charge >= 0.3 is 0 Å². The highest BCUT2D eigenvalue weighted by molar-refractivity contribution is 5.79. The number of hydrogen-bond acceptors (Lipinski definition) is 3. The molecule has 0 unspecified atom stereocenters. The summed E-state index contributed by atoms with van der Waals surface area (Å²) in [7, 11) is 1.72. The minimum Gasteiger partial charge on any atom is -0.508 e. The Morgan fingerprint density at radius 1 is 1.55 bits per heavy atom. The third kappa shape index (κ3) is 2.29. The van der Waals surface area contributed by atoms with Crippen molar-refractivity contribution in [2.75, 3.05) is 7.05 Å². The van der Waals surface area contributed by atoms with E-state index in [-0.39, 0.29) is 5.75 Å². The maximum atomic E-state index is 9.03. The van der Waals surface area contributed by atoms with Crippen molar-refractivity contribution in [1.82, 2.24) is 5.43 Å². The summed E-state index contributed by atoms with van der Waals surface area (Å²) in [5, 5.41) is 12.8. The summed E-state index contributed by atoms with van der Waals surface area (Å²) in [5.41, 5.74) is 3.50. The largest absolute Gasteiger partial charge is 0.508 e. The minimum absolute atomic E-state index is 0.255. The van der Waals surface area contributed by atoms with Gasteiger partial charge in [-0.3, -0.25) is 0 Å². The molecule has 1 rings (SSSR count). The quantitative estimate of drug-likeness (QED) is 0.487. The molecule has 0 aliphatic carbocycles. The fourth-order valence-electron chi connectivity index (χ4n) is 0.744. The highest BCUT2D eigenvalue weighted by Crippen LogP contribution is 2.08. The minimum atomic E-state index is 0.255. The topological polar surface area (TPSA) is 44.6 Å². The van der Waals surface area contributed by atoms with Crippen molar-refractivity contribution in [2.45, 2.75) is 0 Å². The van der Waals surface area contributed by atoms with Gasteiger partial charge in [-0.15, -0.1) is 0 Å². The lowest BCUT2D eigenvalue weighted by molar-refractivity contribution is 0.475. The predicted octanol–water partition coefficient (Wildman–Crippen LogP) is 0.946. The molecule has 0 aromatic heterocycles. The first-order chi connectivity index (χ1) is 5.33. The molecule has 3 heteroatoms. The van der Waals surface area contributed by atoms with E-state index in [1.807, 2.05) is 6.07 Å². The van der Waals surface area contributed by atoms with Crippen LogP contribution < -0.4 is 5.43 Å². The number of phenols is 1. The van der Waals surface area contributed by atoms with Gasteiger partial charge in [0.1, 0.15) is 5.75 Å². The summed E-state index contributed by atoms with van der Waals surface area (Å²) in [4.78, 5) is 0. The first kappa shape index (κ1) is 7.60. The van der Waals surface area contributed by atoms with E-state index in [0.717, 1.165) is 5.56 Å². The van der Waals surface area contributed by atoms with Gasteiger partial charge in [-0.1, -0.05) is 12.1 Å². The first-order valence-electron chi connectivity index (χ1n) is 3.32. The van der Waals surface area contributed by atoms with E-state index < -0.39 is 0 Å². The average Bonchev–Trinajstić information content (AvgIpc) is 2.01. The molecule has 1 aromatic carbocycles. The summed E-state index contributed by atoms with van der Waals surface area (Å²) in [6.07, 6.45) is 1.64. The molecule has 0 heterocycles. The molecular formula is C8H10N2O. The van der Waals surface area contributed by atoms with Crippen molar-refractivity contribution in [3.8, 4) is 5.75 Å². The smallest absolute Gasteiger partial charge is 0.116 e. The van der Waals surface area contributed by atoms with Crippen LogP contribution >= 0.6 is 0 Å². The zero-order valence-electron chi connectivity index (χ0n) is 6.28. The van der Waals surface area contributed by atoms with Crippen LogP contribution in [0.15, 0.2) is 29.4 Å². The highest BCUT2D eigenvalue weighted by Gasteiger charge is 1.88. The molecule has 0 saturated heterocycles. The molecule has 0 atom stereocenters. The summed E-state index contributed by atoms with van der Waals surface area (Å²) < 4.78 is 0. The molecule has 11 heavy (non-hydrogen) atoms. The third-order valence-electron chi connectivity index (χ3n) is 1.21. The number of nitrogens with one attached hydrogen (secondary N) is 1. The molecular weight excluding hydrogens is 140 g/mol. The van der Waals surface area contributed by atoms with Crippen LogP contribution in [-0.2, 0) is 0 Å². The van der Waals surface area contributed by atoms with Gasteiger partial charge in [0.25, 0.3) is 0 Å². The molecule has 58 valence electrons. The molecule has 2 N–H and O–H groups in total. The molecule has 0 spiro atoms. The Morgan fingerprint density at radius 2 is 2.36 bits per heavy atom. The van der Waals surface area contributed by atoms with Gasteiger partial charge in [0, 0.05) is 7.05 Å². The van der Waals surface area contributed by atoms with E-state index in [1.165, 1.54) is 0 Å². The lowest BCUT2D eigenvalue weighted by Crippen LogP contribution is -1.94. The monoisotopic (exact) mass is 150 g/mol. The lowest BCUT2D eigenvalue weighted by atomic mass is 10.2.